The molecule has 0 aromatic heterocycles. The number of amides is 2. The lowest BCUT2D eigenvalue weighted by atomic mass is 9.86. The lowest BCUT2D eigenvalue weighted by molar-refractivity contribution is -0.384. The second-order valence-electron chi connectivity index (χ2n) is 9.31. The van der Waals surface area contributed by atoms with E-state index in [4.69, 9.17) is 4.74 Å². The van der Waals surface area contributed by atoms with Gasteiger partial charge in [-0.3, -0.25) is 24.5 Å². The number of ketones is 1. The quantitative estimate of drug-likeness (QED) is 0.189. The minimum Gasteiger partial charge on any atom is -0.496 e. The summed E-state index contributed by atoms with van der Waals surface area (Å²) in [5, 5.41) is 11.3. The number of fused-ring (bicyclic) bond motifs is 5. The van der Waals surface area contributed by atoms with Gasteiger partial charge in [-0.05, 0) is 51.8 Å². The standard InChI is InChI=1S/C28H20BrN3O6/c1-38-22-12-10-16(13-19(22)29)26(33)25-24-23(21-11-9-15-5-2-3-8-20(15)31(21)25)27(34)30(28(24)35)17-6-4-7-18(14-17)32(36)37/h2-14,21,23-25H,1H3/t21-,23-,24+,25+/m1/s1. The van der Waals surface area contributed by atoms with Gasteiger partial charge in [0.15, 0.2) is 5.78 Å². The molecule has 0 bridgehead atoms. The maximum absolute atomic E-state index is 14.1. The van der Waals surface area contributed by atoms with E-state index in [-0.39, 0.29) is 17.2 Å². The maximum Gasteiger partial charge on any atom is 0.271 e. The second-order valence-corrected chi connectivity index (χ2v) is 10.2. The van der Waals surface area contributed by atoms with Crippen molar-refractivity contribution in [1.82, 2.24) is 0 Å². The zero-order valence-corrected chi connectivity index (χ0v) is 21.6. The van der Waals surface area contributed by atoms with Crippen LogP contribution >= 0.6 is 15.9 Å². The van der Waals surface area contributed by atoms with E-state index in [1.165, 1.54) is 31.4 Å². The van der Waals surface area contributed by atoms with Crippen molar-refractivity contribution in [3.05, 3.63) is 98.5 Å². The first-order valence-electron chi connectivity index (χ1n) is 11.9. The molecule has 3 aliphatic heterocycles. The molecule has 0 N–H and O–H groups in total. The topological polar surface area (TPSA) is 110 Å². The number of hydrogen-bond donors (Lipinski definition) is 0. The molecule has 3 aliphatic rings. The van der Waals surface area contributed by atoms with E-state index in [2.05, 4.69) is 15.9 Å². The number of rotatable bonds is 5. The van der Waals surface area contributed by atoms with Gasteiger partial charge in [0.25, 0.3) is 5.69 Å². The number of anilines is 2. The van der Waals surface area contributed by atoms with E-state index in [1.54, 1.807) is 18.2 Å². The van der Waals surface area contributed by atoms with Crippen LogP contribution in [-0.2, 0) is 9.59 Å². The number of nitro benzene ring substituents is 1. The summed E-state index contributed by atoms with van der Waals surface area (Å²) >= 11 is 3.43. The largest absolute Gasteiger partial charge is 0.496 e. The van der Waals surface area contributed by atoms with Crippen molar-refractivity contribution >= 4 is 56.7 Å². The Morgan fingerprint density at radius 2 is 1.76 bits per heavy atom. The molecule has 3 aromatic rings. The van der Waals surface area contributed by atoms with Gasteiger partial charge in [-0.2, -0.15) is 0 Å². The van der Waals surface area contributed by atoms with Crippen molar-refractivity contribution in [2.45, 2.75) is 12.1 Å². The van der Waals surface area contributed by atoms with E-state index in [0.29, 0.717) is 15.8 Å². The highest BCUT2D eigenvalue weighted by Crippen LogP contribution is 2.50. The molecule has 0 unspecified atom stereocenters. The van der Waals surface area contributed by atoms with Gasteiger partial charge in [0.1, 0.15) is 11.8 Å². The number of nitro groups is 1. The number of hydrogen-bond acceptors (Lipinski definition) is 7. The lowest BCUT2D eigenvalue weighted by Gasteiger charge is -2.36. The SMILES string of the molecule is COc1ccc(C(=O)[C@@H]2[C@H]3C(=O)N(c4cccc([N+](=O)[O-])c4)C(=O)[C@@H]3[C@H]3C=Cc4ccccc4N32)cc1Br. The predicted molar refractivity (Wildman–Crippen MR) is 143 cm³/mol. The normalized spacial score (nSPS) is 23.2. The molecule has 38 heavy (non-hydrogen) atoms. The Morgan fingerprint density at radius 1 is 1.00 bits per heavy atom. The zero-order valence-electron chi connectivity index (χ0n) is 20.0. The van der Waals surface area contributed by atoms with E-state index in [0.717, 1.165) is 16.2 Å². The minimum atomic E-state index is -0.976. The second kappa shape index (κ2) is 8.91. The third kappa shape index (κ3) is 3.47. The van der Waals surface area contributed by atoms with Crippen LogP contribution in [0.4, 0.5) is 17.1 Å². The molecular weight excluding hydrogens is 554 g/mol. The highest BCUT2D eigenvalue weighted by atomic mass is 79.9. The van der Waals surface area contributed by atoms with Crippen molar-refractivity contribution in [3.63, 3.8) is 0 Å². The average molecular weight is 574 g/mol. The van der Waals surface area contributed by atoms with Gasteiger partial charge in [-0.25, -0.2) is 4.90 Å². The Kier molecular flexibility index (Phi) is 5.64. The van der Waals surface area contributed by atoms with Gasteiger partial charge in [-0.15, -0.1) is 0 Å². The fraction of sp³-hybridized carbons (Fsp3) is 0.179. The van der Waals surface area contributed by atoms with Gasteiger partial charge in [0.2, 0.25) is 11.8 Å². The predicted octanol–water partition coefficient (Wildman–Crippen LogP) is 4.64. The molecule has 0 spiro atoms. The van der Waals surface area contributed by atoms with Gasteiger partial charge >= 0.3 is 0 Å². The van der Waals surface area contributed by atoms with Crippen molar-refractivity contribution in [3.8, 4) is 5.75 Å². The van der Waals surface area contributed by atoms with Crippen LogP contribution in [0.2, 0.25) is 0 Å². The number of carbonyl (C=O) groups is 3. The first-order chi connectivity index (χ1) is 18.3. The Bertz CT molecular complexity index is 1570. The van der Waals surface area contributed by atoms with Crippen LogP contribution in [0.1, 0.15) is 15.9 Å². The zero-order chi connectivity index (χ0) is 26.7. The van der Waals surface area contributed by atoms with Crippen LogP contribution in [-0.4, -0.2) is 41.7 Å². The number of methoxy groups -OCH3 is 1. The number of para-hydroxylation sites is 1. The minimum absolute atomic E-state index is 0.119. The lowest BCUT2D eigenvalue weighted by Crippen LogP contribution is -2.48. The number of halogens is 1. The van der Waals surface area contributed by atoms with Crippen LogP contribution in [0.15, 0.2) is 77.3 Å². The Hall–Kier alpha value is -4.31. The Morgan fingerprint density at radius 3 is 2.50 bits per heavy atom. The molecule has 3 aromatic carbocycles. The van der Waals surface area contributed by atoms with E-state index < -0.39 is 40.7 Å². The van der Waals surface area contributed by atoms with E-state index in [9.17, 15) is 24.5 Å². The smallest absolute Gasteiger partial charge is 0.271 e. The van der Waals surface area contributed by atoms with Crippen LogP contribution in [0, 0.1) is 22.0 Å². The number of nitrogens with zero attached hydrogens (tertiary/aromatic N) is 3. The summed E-state index contributed by atoms with van der Waals surface area (Å²) < 4.78 is 5.88. The first kappa shape index (κ1) is 24.1. The summed E-state index contributed by atoms with van der Waals surface area (Å²) in [6.07, 6.45) is 3.76. The number of Topliss-reactive ketones (excluding diaryl/α,β-unsaturated/α-hetero) is 1. The number of imide groups is 1. The molecule has 3 heterocycles. The average Bonchev–Trinajstić information content (AvgIpc) is 3.40. The highest BCUT2D eigenvalue weighted by molar-refractivity contribution is 9.10. The summed E-state index contributed by atoms with van der Waals surface area (Å²) in [6, 6.07) is 16.4. The fourth-order valence-corrected chi connectivity index (χ4v) is 6.34. The van der Waals surface area contributed by atoms with Crippen LogP contribution in [0.3, 0.4) is 0 Å². The molecular formula is C28H20BrN3O6. The molecule has 2 fully saturated rings. The third-order valence-corrected chi connectivity index (χ3v) is 8.04. The molecule has 2 amide bonds. The van der Waals surface area contributed by atoms with E-state index >= 15 is 0 Å². The fourth-order valence-electron chi connectivity index (χ4n) is 5.80. The molecule has 0 saturated carbocycles. The van der Waals surface area contributed by atoms with Crippen molar-refractivity contribution < 1.29 is 24.0 Å². The summed E-state index contributed by atoms with van der Waals surface area (Å²) in [7, 11) is 1.52. The van der Waals surface area contributed by atoms with E-state index in [1.807, 2.05) is 41.3 Å². The van der Waals surface area contributed by atoms with Gasteiger partial charge in [0, 0.05) is 23.4 Å². The molecule has 0 aliphatic carbocycles. The van der Waals surface area contributed by atoms with Crippen LogP contribution in [0.5, 0.6) is 5.75 Å². The molecule has 6 rings (SSSR count). The van der Waals surface area contributed by atoms with Crippen molar-refractivity contribution in [2.24, 2.45) is 11.8 Å². The third-order valence-electron chi connectivity index (χ3n) is 7.42. The molecule has 9 nitrogen and oxygen atoms in total. The molecule has 10 heteroatoms. The summed E-state index contributed by atoms with van der Waals surface area (Å²) in [4.78, 5) is 55.6. The van der Waals surface area contributed by atoms with Crippen LogP contribution in [0.25, 0.3) is 6.08 Å². The van der Waals surface area contributed by atoms with Crippen molar-refractivity contribution in [1.29, 1.82) is 0 Å². The van der Waals surface area contributed by atoms with Crippen molar-refractivity contribution in [2.75, 3.05) is 16.9 Å². The molecule has 0 radical (unpaired) electrons. The highest BCUT2D eigenvalue weighted by Gasteiger charge is 2.64. The Labute approximate surface area is 225 Å². The molecule has 190 valence electrons. The number of non-ortho nitro benzene ring substituents is 1. The summed E-state index contributed by atoms with van der Waals surface area (Å²) in [6.45, 7) is 0. The first-order valence-corrected chi connectivity index (χ1v) is 12.7. The van der Waals surface area contributed by atoms with Gasteiger partial charge < -0.3 is 9.64 Å². The molecule has 4 atom stereocenters. The summed E-state index contributed by atoms with van der Waals surface area (Å²) in [5.74, 6) is -2.59. The number of carbonyl (C=O) groups excluding carboxylic acids is 3. The Balaban J connectivity index is 1.48. The molecule has 2 saturated heterocycles. The maximum atomic E-state index is 14.1. The van der Waals surface area contributed by atoms with Gasteiger partial charge in [0.05, 0.1) is 40.1 Å². The summed E-state index contributed by atoms with van der Waals surface area (Å²) in [5.41, 5.74) is 1.90. The number of benzene rings is 3. The monoisotopic (exact) mass is 573 g/mol. The van der Waals surface area contributed by atoms with Gasteiger partial charge in [-0.1, -0.05) is 36.4 Å². The van der Waals surface area contributed by atoms with Crippen LogP contribution < -0.4 is 14.5 Å². The number of ether oxygens (including phenoxy) is 1.